The van der Waals surface area contributed by atoms with Crippen molar-refractivity contribution in [2.45, 2.75) is 24.4 Å². The lowest BCUT2D eigenvalue weighted by molar-refractivity contribution is 0.527. The van der Waals surface area contributed by atoms with Gasteiger partial charge in [0.2, 0.25) is 0 Å². The zero-order valence-corrected chi connectivity index (χ0v) is 11.1. The molecule has 0 spiro atoms. The zero-order chi connectivity index (χ0) is 12.5. The van der Waals surface area contributed by atoms with E-state index in [4.69, 9.17) is 11.6 Å². The molecule has 1 aliphatic rings. The van der Waals surface area contributed by atoms with Crippen LogP contribution in [0, 0.1) is 0 Å². The third-order valence-corrected chi connectivity index (χ3v) is 3.84. The van der Waals surface area contributed by atoms with Crippen LogP contribution in [0.15, 0.2) is 36.5 Å². The average molecular weight is 262 g/mol. The minimum Gasteiger partial charge on any atom is -0.303 e. The monoisotopic (exact) mass is 261 g/mol. The summed E-state index contributed by atoms with van der Waals surface area (Å²) in [7, 11) is 1.93. The van der Waals surface area contributed by atoms with E-state index >= 15 is 0 Å². The number of halogens is 1. The fourth-order valence-electron chi connectivity index (χ4n) is 2.56. The highest BCUT2D eigenvalue weighted by molar-refractivity contribution is 6.21. The topological polar surface area (TPSA) is 29.9 Å². The molecule has 4 heteroatoms. The molecule has 2 aromatic rings. The van der Waals surface area contributed by atoms with Crippen molar-refractivity contribution < 1.29 is 0 Å². The molecule has 0 fully saturated rings. The molecule has 0 amide bonds. The van der Waals surface area contributed by atoms with Gasteiger partial charge in [0.25, 0.3) is 0 Å². The normalized spacial score (nSPS) is 22.1. The van der Waals surface area contributed by atoms with Gasteiger partial charge in [0.1, 0.15) is 0 Å². The molecular formula is C14H16ClN3. The minimum atomic E-state index is 0.131. The Kier molecular flexibility index (Phi) is 3.10. The molecule has 2 unspecified atom stereocenters. The summed E-state index contributed by atoms with van der Waals surface area (Å²) in [4.78, 5) is 0. The molecule has 0 radical (unpaired) electrons. The highest BCUT2D eigenvalue weighted by Gasteiger charge is 2.30. The third kappa shape index (κ3) is 2.16. The van der Waals surface area contributed by atoms with Crippen LogP contribution in [-0.2, 0) is 20.0 Å². The van der Waals surface area contributed by atoms with Gasteiger partial charge in [0.05, 0.1) is 11.1 Å². The summed E-state index contributed by atoms with van der Waals surface area (Å²) in [5.74, 6) is 0. The van der Waals surface area contributed by atoms with Gasteiger partial charge < -0.3 is 5.32 Å². The Bertz CT molecular complexity index is 549. The van der Waals surface area contributed by atoms with Crippen LogP contribution >= 0.6 is 11.6 Å². The average Bonchev–Trinajstić information content (AvgIpc) is 2.90. The van der Waals surface area contributed by atoms with Gasteiger partial charge in [-0.3, -0.25) is 4.68 Å². The van der Waals surface area contributed by atoms with Gasteiger partial charge in [0, 0.05) is 25.8 Å². The van der Waals surface area contributed by atoms with E-state index in [-0.39, 0.29) is 11.4 Å². The van der Waals surface area contributed by atoms with Crippen molar-refractivity contribution in [2.75, 3.05) is 0 Å². The highest BCUT2D eigenvalue weighted by Crippen LogP contribution is 2.34. The summed E-state index contributed by atoms with van der Waals surface area (Å²) in [6.07, 6.45) is 2.90. The van der Waals surface area contributed by atoms with Crippen LogP contribution in [0.25, 0.3) is 0 Å². The van der Waals surface area contributed by atoms with E-state index in [0.717, 1.165) is 18.7 Å². The van der Waals surface area contributed by atoms with E-state index in [2.05, 4.69) is 34.7 Å². The second-order valence-corrected chi connectivity index (χ2v) is 5.32. The number of nitrogens with one attached hydrogen (secondary N) is 1. The Morgan fingerprint density at radius 2 is 2.22 bits per heavy atom. The molecule has 1 aromatic carbocycles. The SMILES string of the molecule is Cn1ccc(CNC2c3ccccc3CC2Cl)n1. The number of aromatic nitrogens is 2. The molecule has 1 aliphatic carbocycles. The molecule has 0 aliphatic heterocycles. The number of fused-ring (bicyclic) bond motifs is 1. The van der Waals surface area contributed by atoms with E-state index < -0.39 is 0 Å². The third-order valence-electron chi connectivity index (χ3n) is 3.44. The zero-order valence-electron chi connectivity index (χ0n) is 10.3. The van der Waals surface area contributed by atoms with Crippen molar-refractivity contribution in [3.8, 4) is 0 Å². The van der Waals surface area contributed by atoms with Crippen molar-refractivity contribution in [2.24, 2.45) is 7.05 Å². The van der Waals surface area contributed by atoms with Crippen LogP contribution in [0.5, 0.6) is 0 Å². The predicted molar refractivity (Wildman–Crippen MR) is 72.6 cm³/mol. The largest absolute Gasteiger partial charge is 0.303 e. The van der Waals surface area contributed by atoms with Gasteiger partial charge in [-0.15, -0.1) is 11.6 Å². The number of benzene rings is 1. The predicted octanol–water partition coefficient (Wildman–Crippen LogP) is 2.41. The van der Waals surface area contributed by atoms with E-state index in [1.807, 2.05) is 24.0 Å². The quantitative estimate of drug-likeness (QED) is 0.860. The summed E-state index contributed by atoms with van der Waals surface area (Å²) < 4.78 is 1.82. The molecule has 94 valence electrons. The van der Waals surface area contributed by atoms with E-state index in [9.17, 15) is 0 Å². The summed E-state index contributed by atoms with van der Waals surface area (Å²) in [5, 5.41) is 8.00. The lowest BCUT2D eigenvalue weighted by Crippen LogP contribution is -2.25. The molecule has 1 heterocycles. The Hall–Kier alpha value is -1.32. The Balaban J connectivity index is 1.73. The molecule has 1 N–H and O–H groups in total. The molecule has 1 aromatic heterocycles. The molecule has 0 bridgehead atoms. The maximum atomic E-state index is 6.43. The number of aryl methyl sites for hydroxylation is 1. The van der Waals surface area contributed by atoms with E-state index in [0.29, 0.717) is 0 Å². The first-order chi connectivity index (χ1) is 8.74. The lowest BCUT2D eigenvalue weighted by atomic mass is 10.1. The Morgan fingerprint density at radius 3 is 3.00 bits per heavy atom. The highest BCUT2D eigenvalue weighted by atomic mass is 35.5. The second kappa shape index (κ2) is 4.75. The fraction of sp³-hybridized carbons (Fsp3) is 0.357. The second-order valence-electron chi connectivity index (χ2n) is 4.76. The lowest BCUT2D eigenvalue weighted by Gasteiger charge is -2.16. The maximum Gasteiger partial charge on any atom is 0.0762 e. The molecule has 0 saturated heterocycles. The molecule has 3 nitrogen and oxygen atoms in total. The van der Waals surface area contributed by atoms with Crippen LogP contribution in [-0.4, -0.2) is 15.2 Å². The number of hydrogen-bond acceptors (Lipinski definition) is 2. The summed E-state index contributed by atoms with van der Waals surface area (Å²) in [6.45, 7) is 0.753. The number of rotatable bonds is 3. The van der Waals surface area contributed by atoms with Gasteiger partial charge in [-0.05, 0) is 23.6 Å². The van der Waals surface area contributed by atoms with Crippen LogP contribution in [0.4, 0.5) is 0 Å². The van der Waals surface area contributed by atoms with Crippen LogP contribution in [0.1, 0.15) is 22.9 Å². The number of hydrogen-bond donors (Lipinski definition) is 1. The first kappa shape index (κ1) is 11.8. The summed E-state index contributed by atoms with van der Waals surface area (Å²) in [6, 6.07) is 10.7. The minimum absolute atomic E-state index is 0.131. The van der Waals surface area contributed by atoms with Crippen molar-refractivity contribution in [3.05, 3.63) is 53.3 Å². The van der Waals surface area contributed by atoms with E-state index in [1.54, 1.807) is 0 Å². The van der Waals surface area contributed by atoms with Crippen molar-refractivity contribution in [3.63, 3.8) is 0 Å². The molecule has 0 saturated carbocycles. The van der Waals surface area contributed by atoms with Crippen LogP contribution in [0.3, 0.4) is 0 Å². The Labute approximate surface area is 112 Å². The van der Waals surface area contributed by atoms with Crippen molar-refractivity contribution >= 4 is 11.6 Å². The molecular weight excluding hydrogens is 246 g/mol. The van der Waals surface area contributed by atoms with Gasteiger partial charge in [-0.2, -0.15) is 5.10 Å². The van der Waals surface area contributed by atoms with Crippen molar-refractivity contribution in [1.29, 1.82) is 0 Å². The standard InChI is InChI=1S/C14H16ClN3/c1-18-7-6-11(17-18)9-16-14-12-5-3-2-4-10(12)8-13(14)15/h2-7,13-14,16H,8-9H2,1H3. The molecule has 3 rings (SSSR count). The van der Waals surface area contributed by atoms with Gasteiger partial charge in [0.15, 0.2) is 0 Å². The van der Waals surface area contributed by atoms with Crippen LogP contribution in [0.2, 0.25) is 0 Å². The van der Waals surface area contributed by atoms with Crippen molar-refractivity contribution in [1.82, 2.24) is 15.1 Å². The summed E-state index contributed by atoms with van der Waals surface area (Å²) in [5.41, 5.74) is 3.73. The first-order valence-corrected chi connectivity index (χ1v) is 6.61. The van der Waals surface area contributed by atoms with E-state index in [1.165, 1.54) is 11.1 Å². The number of nitrogens with zero attached hydrogens (tertiary/aromatic N) is 2. The molecule has 2 atom stereocenters. The van der Waals surface area contributed by atoms with Gasteiger partial charge in [-0.1, -0.05) is 24.3 Å². The van der Waals surface area contributed by atoms with Crippen LogP contribution < -0.4 is 5.32 Å². The maximum absolute atomic E-state index is 6.43. The molecule has 18 heavy (non-hydrogen) atoms. The Morgan fingerprint density at radius 1 is 1.39 bits per heavy atom. The summed E-state index contributed by atoms with van der Waals surface area (Å²) >= 11 is 6.43. The van der Waals surface area contributed by atoms with Gasteiger partial charge in [-0.25, -0.2) is 0 Å². The fourth-order valence-corrected chi connectivity index (χ4v) is 2.95. The number of alkyl halides is 1. The van der Waals surface area contributed by atoms with Gasteiger partial charge >= 0.3 is 0 Å². The smallest absolute Gasteiger partial charge is 0.0762 e. The first-order valence-electron chi connectivity index (χ1n) is 6.18.